The van der Waals surface area contributed by atoms with Crippen LogP contribution in [0.5, 0.6) is 0 Å². The molecule has 0 aromatic carbocycles. The number of carbonyl (C=O) groups excluding carboxylic acids is 1. The van der Waals surface area contributed by atoms with Gasteiger partial charge in [-0.25, -0.2) is 0 Å². The van der Waals surface area contributed by atoms with E-state index in [1.807, 2.05) is 11.0 Å². The lowest BCUT2D eigenvalue weighted by atomic mass is 10.1. The summed E-state index contributed by atoms with van der Waals surface area (Å²) in [7, 11) is 0. The molecule has 3 nitrogen and oxygen atoms in total. The molecule has 1 fully saturated rings. The SMILES string of the molecule is CC(Cc1cccs1)N1CC(CO)CC1=O. The smallest absolute Gasteiger partial charge is 0.223 e. The lowest BCUT2D eigenvalue weighted by Crippen LogP contribution is -2.35. The van der Waals surface area contributed by atoms with E-state index in [9.17, 15) is 4.79 Å². The fourth-order valence-electron chi connectivity index (χ4n) is 2.19. The summed E-state index contributed by atoms with van der Waals surface area (Å²) in [6, 6.07) is 4.38. The molecule has 2 atom stereocenters. The number of nitrogens with zero attached hydrogens (tertiary/aromatic N) is 1. The van der Waals surface area contributed by atoms with Crippen LogP contribution in [0.25, 0.3) is 0 Å². The number of amides is 1. The Balaban J connectivity index is 1.95. The number of aliphatic hydroxyl groups excluding tert-OH is 1. The van der Waals surface area contributed by atoms with Crippen LogP contribution in [0.3, 0.4) is 0 Å². The maximum absolute atomic E-state index is 11.7. The van der Waals surface area contributed by atoms with E-state index >= 15 is 0 Å². The van der Waals surface area contributed by atoms with E-state index in [0.29, 0.717) is 13.0 Å². The minimum Gasteiger partial charge on any atom is -0.396 e. The summed E-state index contributed by atoms with van der Waals surface area (Å²) >= 11 is 1.73. The van der Waals surface area contributed by atoms with Crippen LogP contribution < -0.4 is 0 Å². The molecule has 1 aromatic rings. The van der Waals surface area contributed by atoms with Gasteiger partial charge in [0.05, 0.1) is 0 Å². The van der Waals surface area contributed by atoms with Gasteiger partial charge in [0, 0.05) is 42.8 Å². The van der Waals surface area contributed by atoms with Crippen LogP contribution in [0.15, 0.2) is 17.5 Å². The average molecular weight is 239 g/mol. The van der Waals surface area contributed by atoms with Gasteiger partial charge in [-0.2, -0.15) is 0 Å². The van der Waals surface area contributed by atoms with E-state index in [4.69, 9.17) is 5.11 Å². The highest BCUT2D eigenvalue weighted by Crippen LogP contribution is 2.22. The lowest BCUT2D eigenvalue weighted by molar-refractivity contribution is -0.129. The van der Waals surface area contributed by atoms with Gasteiger partial charge in [0.25, 0.3) is 0 Å². The summed E-state index contributed by atoms with van der Waals surface area (Å²) in [6.45, 7) is 2.91. The first-order valence-electron chi connectivity index (χ1n) is 5.63. The summed E-state index contributed by atoms with van der Waals surface area (Å²) < 4.78 is 0. The number of likely N-dealkylation sites (tertiary alicyclic amines) is 1. The van der Waals surface area contributed by atoms with Gasteiger partial charge < -0.3 is 10.0 Å². The Bertz CT molecular complexity index is 350. The van der Waals surface area contributed by atoms with E-state index in [2.05, 4.69) is 18.4 Å². The van der Waals surface area contributed by atoms with Crippen molar-refractivity contribution in [1.29, 1.82) is 0 Å². The van der Waals surface area contributed by atoms with Crippen molar-refractivity contribution in [2.24, 2.45) is 5.92 Å². The highest BCUT2D eigenvalue weighted by Gasteiger charge is 2.32. The second-order valence-corrected chi connectivity index (χ2v) is 5.46. The van der Waals surface area contributed by atoms with Gasteiger partial charge in [0.1, 0.15) is 0 Å². The second kappa shape index (κ2) is 4.97. The molecule has 1 amide bonds. The number of rotatable bonds is 4. The first-order valence-corrected chi connectivity index (χ1v) is 6.51. The molecule has 0 saturated carbocycles. The highest BCUT2D eigenvalue weighted by atomic mass is 32.1. The molecule has 2 heterocycles. The van der Waals surface area contributed by atoms with E-state index in [-0.39, 0.29) is 24.5 Å². The van der Waals surface area contributed by atoms with Gasteiger partial charge in [0.2, 0.25) is 5.91 Å². The van der Waals surface area contributed by atoms with Crippen LogP contribution >= 0.6 is 11.3 Å². The normalized spacial score (nSPS) is 22.8. The van der Waals surface area contributed by atoms with Gasteiger partial charge in [-0.15, -0.1) is 11.3 Å². The minimum atomic E-state index is 0.119. The van der Waals surface area contributed by atoms with Crippen LogP contribution in [0.1, 0.15) is 18.2 Å². The number of hydrogen-bond donors (Lipinski definition) is 1. The Morgan fingerprint density at radius 3 is 3.06 bits per heavy atom. The first kappa shape index (κ1) is 11.6. The third kappa shape index (κ3) is 2.44. The molecule has 88 valence electrons. The maximum Gasteiger partial charge on any atom is 0.223 e. The molecule has 1 N–H and O–H groups in total. The van der Waals surface area contributed by atoms with Crippen molar-refractivity contribution in [2.45, 2.75) is 25.8 Å². The summed E-state index contributed by atoms with van der Waals surface area (Å²) in [5.41, 5.74) is 0. The van der Waals surface area contributed by atoms with E-state index < -0.39 is 0 Å². The molecule has 0 spiro atoms. The van der Waals surface area contributed by atoms with Crippen molar-refractivity contribution >= 4 is 17.2 Å². The van der Waals surface area contributed by atoms with Crippen LogP contribution in [-0.2, 0) is 11.2 Å². The molecule has 1 saturated heterocycles. The third-order valence-corrected chi connectivity index (χ3v) is 4.00. The molecule has 0 bridgehead atoms. The summed E-state index contributed by atoms with van der Waals surface area (Å²) in [5.74, 6) is 0.321. The minimum absolute atomic E-state index is 0.119. The molecule has 4 heteroatoms. The quantitative estimate of drug-likeness (QED) is 0.865. The fraction of sp³-hybridized carbons (Fsp3) is 0.583. The standard InChI is InChI=1S/C12H17NO2S/c1-9(5-11-3-2-4-16-11)13-7-10(8-14)6-12(13)15/h2-4,9-10,14H,5-8H2,1H3. The number of hydrogen-bond acceptors (Lipinski definition) is 3. The van der Waals surface area contributed by atoms with E-state index in [0.717, 1.165) is 6.42 Å². The third-order valence-electron chi connectivity index (χ3n) is 3.11. The Labute approximate surface area is 99.7 Å². The van der Waals surface area contributed by atoms with Crippen molar-refractivity contribution in [2.75, 3.05) is 13.2 Å². The monoisotopic (exact) mass is 239 g/mol. The van der Waals surface area contributed by atoms with Crippen LogP contribution in [0, 0.1) is 5.92 Å². The molecule has 16 heavy (non-hydrogen) atoms. The average Bonchev–Trinajstić information content (AvgIpc) is 2.87. The first-order chi connectivity index (χ1) is 7.70. The Hall–Kier alpha value is -0.870. The van der Waals surface area contributed by atoms with Crippen molar-refractivity contribution < 1.29 is 9.90 Å². The van der Waals surface area contributed by atoms with Crippen LogP contribution in [0.2, 0.25) is 0 Å². The second-order valence-electron chi connectivity index (χ2n) is 4.43. The van der Waals surface area contributed by atoms with Gasteiger partial charge in [-0.3, -0.25) is 4.79 Å². The number of thiophene rings is 1. The van der Waals surface area contributed by atoms with Crippen LogP contribution in [0.4, 0.5) is 0 Å². The van der Waals surface area contributed by atoms with E-state index in [1.165, 1.54) is 4.88 Å². The number of aliphatic hydroxyl groups is 1. The summed E-state index contributed by atoms with van der Waals surface area (Å²) in [4.78, 5) is 14.9. The molecular weight excluding hydrogens is 222 g/mol. The van der Waals surface area contributed by atoms with E-state index in [1.54, 1.807) is 11.3 Å². The number of carbonyl (C=O) groups is 1. The largest absolute Gasteiger partial charge is 0.396 e. The predicted octanol–water partition coefficient (Wildman–Crippen LogP) is 1.52. The van der Waals surface area contributed by atoms with Gasteiger partial charge in [-0.05, 0) is 18.4 Å². The zero-order valence-electron chi connectivity index (χ0n) is 9.43. The molecule has 2 rings (SSSR count). The molecule has 1 aromatic heterocycles. The molecule has 1 aliphatic rings. The predicted molar refractivity (Wildman–Crippen MR) is 64.4 cm³/mol. The zero-order valence-corrected chi connectivity index (χ0v) is 10.2. The molecule has 0 aliphatic carbocycles. The summed E-state index contributed by atoms with van der Waals surface area (Å²) in [5, 5.41) is 11.1. The van der Waals surface area contributed by atoms with Crippen LogP contribution in [-0.4, -0.2) is 35.1 Å². The van der Waals surface area contributed by atoms with Gasteiger partial charge in [-0.1, -0.05) is 6.07 Å². The maximum atomic E-state index is 11.7. The molecule has 0 radical (unpaired) electrons. The Morgan fingerprint density at radius 1 is 1.69 bits per heavy atom. The van der Waals surface area contributed by atoms with Crippen molar-refractivity contribution in [3.8, 4) is 0 Å². The van der Waals surface area contributed by atoms with Gasteiger partial charge >= 0.3 is 0 Å². The lowest BCUT2D eigenvalue weighted by Gasteiger charge is -2.24. The fourth-order valence-corrected chi connectivity index (χ4v) is 3.01. The van der Waals surface area contributed by atoms with Crippen molar-refractivity contribution in [3.05, 3.63) is 22.4 Å². The zero-order chi connectivity index (χ0) is 11.5. The van der Waals surface area contributed by atoms with Gasteiger partial charge in [0.15, 0.2) is 0 Å². The molecule has 2 unspecified atom stereocenters. The van der Waals surface area contributed by atoms with Crippen molar-refractivity contribution in [1.82, 2.24) is 4.90 Å². The highest BCUT2D eigenvalue weighted by molar-refractivity contribution is 7.09. The Kier molecular flexibility index (Phi) is 3.61. The Morgan fingerprint density at radius 2 is 2.50 bits per heavy atom. The summed E-state index contributed by atoms with van der Waals surface area (Å²) in [6.07, 6.45) is 1.42. The topological polar surface area (TPSA) is 40.5 Å². The molecule has 1 aliphatic heterocycles. The van der Waals surface area contributed by atoms with Crippen molar-refractivity contribution in [3.63, 3.8) is 0 Å². The molecular formula is C12H17NO2S.